The third-order valence-electron chi connectivity index (χ3n) is 4.12. The summed E-state index contributed by atoms with van der Waals surface area (Å²) >= 11 is 0. The topological polar surface area (TPSA) is 52.7 Å². The Morgan fingerprint density at radius 3 is 2.19 bits per heavy atom. The Morgan fingerprint density at radius 2 is 1.67 bits per heavy atom. The highest BCUT2D eigenvalue weighted by Crippen LogP contribution is 2.17. The Labute approximate surface area is 129 Å². The van der Waals surface area contributed by atoms with Crippen molar-refractivity contribution in [2.75, 3.05) is 33.2 Å². The zero-order valence-corrected chi connectivity index (χ0v) is 14.0. The van der Waals surface area contributed by atoms with Gasteiger partial charge in [-0.3, -0.25) is 10.1 Å². The molecular weight excluding hydrogens is 266 g/mol. The van der Waals surface area contributed by atoms with E-state index >= 15 is 0 Å². The first-order valence-electron chi connectivity index (χ1n) is 8.22. The van der Waals surface area contributed by atoms with Crippen molar-refractivity contribution >= 4 is 11.9 Å². The average molecular weight is 297 g/mol. The summed E-state index contributed by atoms with van der Waals surface area (Å²) in [5.41, 5.74) is 0. The molecule has 1 aliphatic rings. The molecule has 0 aliphatic carbocycles. The van der Waals surface area contributed by atoms with Crippen molar-refractivity contribution in [2.24, 2.45) is 11.8 Å². The Morgan fingerprint density at radius 1 is 1.05 bits per heavy atom. The molecular formula is C16H31N3O2. The first kappa shape index (κ1) is 18.0. The smallest absolute Gasteiger partial charge is 0.322 e. The van der Waals surface area contributed by atoms with E-state index in [9.17, 15) is 9.59 Å². The van der Waals surface area contributed by atoms with Crippen molar-refractivity contribution in [3.63, 3.8) is 0 Å². The van der Waals surface area contributed by atoms with Gasteiger partial charge in [0.05, 0.1) is 0 Å². The van der Waals surface area contributed by atoms with Gasteiger partial charge in [-0.05, 0) is 25.8 Å². The molecule has 1 atom stereocenters. The maximum absolute atomic E-state index is 12.3. The molecule has 1 rings (SSSR count). The molecule has 1 fully saturated rings. The molecule has 21 heavy (non-hydrogen) atoms. The first-order valence-corrected chi connectivity index (χ1v) is 8.22. The maximum Gasteiger partial charge on any atom is 0.324 e. The second-order valence-electron chi connectivity index (χ2n) is 6.54. The van der Waals surface area contributed by atoms with Crippen LogP contribution in [0.25, 0.3) is 0 Å². The summed E-state index contributed by atoms with van der Waals surface area (Å²) in [6.07, 6.45) is 3.72. The SMILES string of the molecule is CCC[C@@H](CCC(C)C)C(=O)NC(=O)N1CCN(C)CC1. The quantitative estimate of drug-likeness (QED) is 0.818. The fraction of sp³-hybridized carbons (Fsp3) is 0.875. The summed E-state index contributed by atoms with van der Waals surface area (Å²) in [5, 5.41) is 2.60. The minimum Gasteiger partial charge on any atom is -0.322 e. The number of carbonyl (C=O) groups is 2. The van der Waals surface area contributed by atoms with Crippen LogP contribution in [0.4, 0.5) is 4.79 Å². The molecule has 3 amide bonds. The number of urea groups is 1. The Bertz CT molecular complexity index is 336. The largest absolute Gasteiger partial charge is 0.324 e. The normalized spacial score (nSPS) is 17.9. The molecule has 0 saturated carbocycles. The molecule has 0 unspecified atom stereocenters. The van der Waals surface area contributed by atoms with E-state index in [0.29, 0.717) is 19.0 Å². The van der Waals surface area contributed by atoms with Gasteiger partial charge in [-0.2, -0.15) is 0 Å². The number of nitrogens with zero attached hydrogens (tertiary/aromatic N) is 2. The van der Waals surface area contributed by atoms with E-state index in [4.69, 9.17) is 0 Å². The third kappa shape index (κ3) is 6.46. The van der Waals surface area contributed by atoms with Gasteiger partial charge in [-0.25, -0.2) is 4.79 Å². The van der Waals surface area contributed by atoms with Crippen LogP contribution in [0.2, 0.25) is 0 Å². The van der Waals surface area contributed by atoms with Crippen LogP contribution in [0.15, 0.2) is 0 Å². The number of hydrogen-bond donors (Lipinski definition) is 1. The number of carbonyl (C=O) groups excluding carboxylic acids is 2. The standard InChI is InChI=1S/C16H31N3O2/c1-5-6-14(8-7-13(2)3)15(20)17-16(21)19-11-9-18(4)10-12-19/h13-14H,5-12H2,1-4H3,(H,17,20,21)/t14-/m0/s1. The molecule has 0 radical (unpaired) electrons. The van der Waals surface area contributed by atoms with Crippen molar-refractivity contribution in [1.82, 2.24) is 15.1 Å². The average Bonchev–Trinajstić information content (AvgIpc) is 2.43. The van der Waals surface area contributed by atoms with Crippen LogP contribution >= 0.6 is 0 Å². The van der Waals surface area contributed by atoms with E-state index in [1.807, 2.05) is 7.05 Å². The van der Waals surface area contributed by atoms with Gasteiger partial charge in [-0.15, -0.1) is 0 Å². The molecule has 5 nitrogen and oxygen atoms in total. The van der Waals surface area contributed by atoms with Crippen LogP contribution in [-0.4, -0.2) is 55.0 Å². The molecule has 1 saturated heterocycles. The van der Waals surface area contributed by atoms with Crippen LogP contribution in [0, 0.1) is 11.8 Å². The zero-order chi connectivity index (χ0) is 15.8. The van der Waals surface area contributed by atoms with Crippen molar-refractivity contribution in [3.8, 4) is 0 Å². The number of amides is 3. The van der Waals surface area contributed by atoms with Crippen molar-refractivity contribution < 1.29 is 9.59 Å². The number of likely N-dealkylation sites (N-methyl/N-ethyl adjacent to an activating group) is 1. The first-order chi connectivity index (χ1) is 9.93. The number of hydrogen-bond acceptors (Lipinski definition) is 3. The number of nitrogens with one attached hydrogen (secondary N) is 1. The molecule has 1 heterocycles. The summed E-state index contributed by atoms with van der Waals surface area (Å²) in [5.74, 6) is 0.459. The lowest BCUT2D eigenvalue weighted by Gasteiger charge is -2.32. The predicted octanol–water partition coefficient (Wildman–Crippen LogP) is 2.32. The van der Waals surface area contributed by atoms with Crippen molar-refractivity contribution in [3.05, 3.63) is 0 Å². The van der Waals surface area contributed by atoms with Crippen LogP contribution in [0.3, 0.4) is 0 Å². The van der Waals surface area contributed by atoms with E-state index in [1.54, 1.807) is 4.90 Å². The highest BCUT2D eigenvalue weighted by molar-refractivity contribution is 5.95. The minimum absolute atomic E-state index is 0.0335. The fourth-order valence-electron chi connectivity index (χ4n) is 2.59. The van der Waals surface area contributed by atoms with Gasteiger partial charge in [0.2, 0.25) is 5.91 Å². The van der Waals surface area contributed by atoms with Crippen molar-refractivity contribution in [2.45, 2.75) is 46.5 Å². The Kier molecular flexibility index (Phi) is 7.72. The molecule has 0 aromatic carbocycles. The van der Waals surface area contributed by atoms with Crippen molar-refractivity contribution in [1.29, 1.82) is 0 Å². The molecule has 1 aliphatic heterocycles. The van der Waals surface area contributed by atoms with Crippen LogP contribution in [0.1, 0.15) is 46.5 Å². The second-order valence-corrected chi connectivity index (χ2v) is 6.54. The summed E-state index contributed by atoms with van der Waals surface area (Å²) in [4.78, 5) is 28.4. The Balaban J connectivity index is 2.45. The van der Waals surface area contributed by atoms with Gasteiger partial charge in [0.1, 0.15) is 0 Å². The summed E-state index contributed by atoms with van der Waals surface area (Å²) in [7, 11) is 2.05. The van der Waals surface area contributed by atoms with Gasteiger partial charge >= 0.3 is 6.03 Å². The third-order valence-corrected chi connectivity index (χ3v) is 4.12. The van der Waals surface area contributed by atoms with Crippen LogP contribution < -0.4 is 5.32 Å². The van der Waals surface area contributed by atoms with Gasteiger partial charge < -0.3 is 9.80 Å². The van der Waals surface area contributed by atoms with Crippen LogP contribution in [-0.2, 0) is 4.79 Å². The van der Waals surface area contributed by atoms with Gasteiger partial charge in [-0.1, -0.05) is 33.6 Å². The van der Waals surface area contributed by atoms with E-state index < -0.39 is 0 Å². The van der Waals surface area contributed by atoms with Gasteiger partial charge in [0.15, 0.2) is 0 Å². The lowest BCUT2D eigenvalue weighted by atomic mass is 9.93. The highest BCUT2D eigenvalue weighted by atomic mass is 16.2. The van der Waals surface area contributed by atoms with E-state index in [1.165, 1.54) is 0 Å². The summed E-state index contributed by atoms with van der Waals surface area (Å²) < 4.78 is 0. The zero-order valence-electron chi connectivity index (χ0n) is 14.0. The molecule has 1 N–H and O–H groups in total. The predicted molar refractivity (Wildman–Crippen MR) is 85.1 cm³/mol. The Hall–Kier alpha value is -1.10. The highest BCUT2D eigenvalue weighted by Gasteiger charge is 2.24. The fourth-order valence-corrected chi connectivity index (χ4v) is 2.59. The molecule has 122 valence electrons. The minimum atomic E-state index is -0.223. The molecule has 0 spiro atoms. The lowest BCUT2D eigenvalue weighted by molar-refractivity contribution is -0.124. The molecule has 5 heteroatoms. The van der Waals surface area contributed by atoms with E-state index in [-0.39, 0.29) is 17.9 Å². The van der Waals surface area contributed by atoms with Gasteiger partial charge in [0, 0.05) is 32.1 Å². The molecule has 0 bridgehead atoms. The van der Waals surface area contributed by atoms with Gasteiger partial charge in [0.25, 0.3) is 0 Å². The number of piperazine rings is 1. The van der Waals surface area contributed by atoms with E-state index in [0.717, 1.165) is 38.8 Å². The maximum atomic E-state index is 12.3. The second kappa shape index (κ2) is 9.03. The summed E-state index contributed by atoms with van der Waals surface area (Å²) in [6, 6.07) is -0.223. The number of imide groups is 1. The number of rotatable bonds is 6. The monoisotopic (exact) mass is 297 g/mol. The van der Waals surface area contributed by atoms with E-state index in [2.05, 4.69) is 31.0 Å². The molecule has 0 aromatic rings. The van der Waals surface area contributed by atoms with Crippen LogP contribution in [0.5, 0.6) is 0 Å². The summed E-state index contributed by atoms with van der Waals surface area (Å²) in [6.45, 7) is 9.53. The lowest BCUT2D eigenvalue weighted by Crippen LogP contribution is -2.52. The molecule has 0 aromatic heterocycles.